The summed E-state index contributed by atoms with van der Waals surface area (Å²) >= 11 is 1.61. The van der Waals surface area contributed by atoms with E-state index in [4.69, 9.17) is 14.2 Å². The van der Waals surface area contributed by atoms with E-state index in [9.17, 15) is 0 Å². The fourth-order valence-corrected chi connectivity index (χ4v) is 3.27. The molecule has 0 aliphatic carbocycles. The zero-order chi connectivity index (χ0) is 20.0. The summed E-state index contributed by atoms with van der Waals surface area (Å²) in [7, 11) is 4.60. The molecule has 0 saturated carbocycles. The van der Waals surface area contributed by atoms with E-state index in [0.29, 0.717) is 23.2 Å². The molecule has 2 rings (SSSR count). The van der Waals surface area contributed by atoms with Gasteiger partial charge in [0.25, 0.3) is 0 Å². The fraction of sp³-hybridized carbons (Fsp3) is 0.316. The summed E-state index contributed by atoms with van der Waals surface area (Å²) in [5, 5.41) is 4.17. The average Bonchev–Trinajstić information content (AvgIpc) is 2.99. The predicted octanol–water partition coefficient (Wildman–Crippen LogP) is 4.20. The van der Waals surface area contributed by atoms with Gasteiger partial charge in [0.2, 0.25) is 11.7 Å². The maximum Gasteiger partial charge on any atom is 0.227 e. The van der Waals surface area contributed by atoms with Gasteiger partial charge in [0, 0.05) is 18.0 Å². The third-order valence-electron chi connectivity index (χ3n) is 3.60. The second-order valence-corrected chi connectivity index (χ2v) is 6.80. The molecule has 27 heavy (non-hydrogen) atoms. The van der Waals surface area contributed by atoms with Crippen molar-refractivity contribution in [1.82, 2.24) is 15.0 Å². The molecule has 7 nitrogen and oxygen atoms in total. The van der Waals surface area contributed by atoms with E-state index >= 15 is 0 Å². The first kappa shape index (κ1) is 20.4. The third kappa shape index (κ3) is 5.07. The number of methoxy groups -OCH3 is 3. The molecule has 0 unspecified atom stereocenters. The number of hydrogen-bond donors (Lipinski definition) is 1. The molecule has 0 aliphatic heterocycles. The van der Waals surface area contributed by atoms with Gasteiger partial charge in [-0.25, -0.2) is 15.0 Å². The lowest BCUT2D eigenvalue weighted by Crippen LogP contribution is -2.04. The Bertz CT molecular complexity index is 887. The minimum absolute atomic E-state index is 0.368. The van der Waals surface area contributed by atoms with Crippen molar-refractivity contribution in [2.24, 2.45) is 0 Å². The van der Waals surface area contributed by atoms with Crippen LogP contribution in [0.5, 0.6) is 0 Å². The molecule has 0 aromatic carbocycles. The second-order valence-electron chi connectivity index (χ2n) is 5.59. The summed E-state index contributed by atoms with van der Waals surface area (Å²) in [5.41, 5.74) is 2.55. The zero-order valence-corrected chi connectivity index (χ0v) is 17.2. The van der Waals surface area contributed by atoms with Crippen LogP contribution >= 0.6 is 11.3 Å². The number of aryl methyl sites for hydroxylation is 2. The molecule has 0 amide bonds. The highest BCUT2D eigenvalue weighted by molar-refractivity contribution is 7.15. The van der Waals surface area contributed by atoms with Crippen LogP contribution in [0.4, 0.5) is 5.95 Å². The van der Waals surface area contributed by atoms with Crippen LogP contribution in [0, 0.1) is 13.8 Å². The Morgan fingerprint density at radius 3 is 2.44 bits per heavy atom. The molecule has 0 radical (unpaired) electrons. The van der Waals surface area contributed by atoms with Crippen molar-refractivity contribution in [3.8, 4) is 10.6 Å². The normalized spacial score (nSPS) is 12.3. The van der Waals surface area contributed by atoms with Gasteiger partial charge in [-0.1, -0.05) is 6.58 Å². The molecule has 2 heterocycles. The molecular weight excluding hydrogens is 364 g/mol. The lowest BCUT2D eigenvalue weighted by Gasteiger charge is -2.13. The molecule has 0 spiro atoms. The minimum Gasteiger partial charge on any atom is -0.493 e. The van der Waals surface area contributed by atoms with Crippen LogP contribution in [0.1, 0.15) is 17.6 Å². The van der Waals surface area contributed by atoms with E-state index in [2.05, 4.69) is 26.8 Å². The molecular formula is C19H24N4O3S. The van der Waals surface area contributed by atoms with Gasteiger partial charge in [0.15, 0.2) is 11.5 Å². The highest BCUT2D eigenvalue weighted by Crippen LogP contribution is 2.28. The maximum absolute atomic E-state index is 5.40. The number of hydrogen-bond acceptors (Lipinski definition) is 8. The number of allylic oxidation sites excluding steroid dienone is 2. The summed E-state index contributed by atoms with van der Waals surface area (Å²) in [6.45, 7) is 9.63. The molecule has 1 N–H and O–H groups in total. The second kappa shape index (κ2) is 9.18. The quantitative estimate of drug-likeness (QED) is 0.536. The number of nitrogens with zero attached hydrogens (tertiary/aromatic N) is 3. The number of rotatable bonds is 8. The van der Waals surface area contributed by atoms with Crippen LogP contribution in [-0.4, -0.2) is 36.3 Å². The zero-order valence-electron chi connectivity index (χ0n) is 16.4. The molecule has 0 aliphatic rings. The molecule has 0 saturated heterocycles. The number of thiazole rings is 1. The van der Waals surface area contributed by atoms with Crippen LogP contribution < -0.4 is 5.32 Å². The minimum atomic E-state index is 0.368. The summed E-state index contributed by atoms with van der Waals surface area (Å²) < 4.78 is 15.8. The largest absolute Gasteiger partial charge is 0.493 e. The van der Waals surface area contributed by atoms with Crippen molar-refractivity contribution in [2.45, 2.75) is 20.8 Å². The van der Waals surface area contributed by atoms with Crippen molar-refractivity contribution < 1.29 is 14.2 Å². The van der Waals surface area contributed by atoms with E-state index < -0.39 is 0 Å². The van der Waals surface area contributed by atoms with Gasteiger partial charge in [0.05, 0.1) is 42.6 Å². The average molecular weight is 388 g/mol. The Balaban J connectivity index is 2.29. The predicted molar refractivity (Wildman–Crippen MR) is 107 cm³/mol. The Morgan fingerprint density at radius 2 is 1.89 bits per heavy atom. The monoisotopic (exact) mass is 388 g/mol. The molecule has 2 aromatic rings. The lowest BCUT2D eigenvalue weighted by molar-refractivity contribution is 0.192. The Labute approximate surface area is 163 Å². The van der Waals surface area contributed by atoms with Gasteiger partial charge in [0.1, 0.15) is 0 Å². The van der Waals surface area contributed by atoms with Crippen molar-refractivity contribution in [3.05, 3.63) is 58.6 Å². The Morgan fingerprint density at radius 1 is 1.15 bits per heavy atom. The van der Waals surface area contributed by atoms with Crippen LogP contribution in [0.25, 0.3) is 10.6 Å². The van der Waals surface area contributed by atoms with E-state index in [1.807, 2.05) is 26.8 Å². The molecule has 8 heteroatoms. The van der Waals surface area contributed by atoms with Gasteiger partial charge in [-0.15, -0.1) is 11.3 Å². The van der Waals surface area contributed by atoms with E-state index in [-0.39, 0.29) is 0 Å². The standard InChI is InChI=1S/C19H24N4O3S/c1-11(10-16(25-6)17(26-7)13(3)24-5)21-19-20-9-8-15(23-19)18-12(2)22-14(4)27-18/h8-10H,3H2,1-2,4-7H3,(H,20,21,23)/b11-10+,17-16-. The third-order valence-corrected chi connectivity index (χ3v) is 4.69. The Hall–Kier alpha value is -2.87. The van der Waals surface area contributed by atoms with Gasteiger partial charge < -0.3 is 19.5 Å². The van der Waals surface area contributed by atoms with Crippen LogP contribution in [0.15, 0.2) is 47.9 Å². The Kier molecular flexibility index (Phi) is 6.95. The topological polar surface area (TPSA) is 78.4 Å². The first-order chi connectivity index (χ1) is 12.9. The van der Waals surface area contributed by atoms with Gasteiger partial charge in [-0.2, -0.15) is 0 Å². The molecule has 2 aromatic heterocycles. The number of anilines is 1. The van der Waals surface area contributed by atoms with Crippen LogP contribution in [0.2, 0.25) is 0 Å². The first-order valence-electron chi connectivity index (χ1n) is 8.17. The summed E-state index contributed by atoms with van der Waals surface area (Å²) in [4.78, 5) is 14.4. The molecule has 0 bridgehead atoms. The van der Waals surface area contributed by atoms with E-state index in [1.54, 1.807) is 30.7 Å². The van der Waals surface area contributed by atoms with Crippen molar-refractivity contribution in [2.75, 3.05) is 26.6 Å². The number of ether oxygens (including phenoxy) is 3. The summed E-state index contributed by atoms with van der Waals surface area (Å²) in [6.07, 6.45) is 3.48. The SMILES string of the molecule is C=C(OC)/C(OC)=C(\C=C(/C)Nc1nccc(-c2sc(C)nc2C)n1)OC. The number of aromatic nitrogens is 3. The van der Waals surface area contributed by atoms with Crippen molar-refractivity contribution in [3.63, 3.8) is 0 Å². The summed E-state index contributed by atoms with van der Waals surface area (Å²) in [5.74, 6) is 1.73. The van der Waals surface area contributed by atoms with Crippen LogP contribution in [0.3, 0.4) is 0 Å². The highest BCUT2D eigenvalue weighted by Gasteiger charge is 2.12. The summed E-state index contributed by atoms with van der Waals surface area (Å²) in [6, 6.07) is 1.87. The highest BCUT2D eigenvalue weighted by atomic mass is 32.1. The van der Waals surface area contributed by atoms with Gasteiger partial charge >= 0.3 is 0 Å². The van der Waals surface area contributed by atoms with E-state index in [1.165, 1.54) is 14.2 Å². The smallest absolute Gasteiger partial charge is 0.227 e. The maximum atomic E-state index is 5.40. The van der Waals surface area contributed by atoms with Crippen LogP contribution in [-0.2, 0) is 14.2 Å². The molecule has 0 fully saturated rings. The fourth-order valence-electron chi connectivity index (χ4n) is 2.39. The van der Waals surface area contributed by atoms with Gasteiger partial charge in [-0.3, -0.25) is 0 Å². The van der Waals surface area contributed by atoms with E-state index in [0.717, 1.165) is 27.0 Å². The van der Waals surface area contributed by atoms with Gasteiger partial charge in [-0.05, 0) is 26.8 Å². The molecule has 0 atom stereocenters. The number of nitrogens with one attached hydrogen (secondary N) is 1. The molecule has 144 valence electrons. The van der Waals surface area contributed by atoms with Crippen molar-refractivity contribution in [1.29, 1.82) is 0 Å². The first-order valence-corrected chi connectivity index (χ1v) is 8.99. The van der Waals surface area contributed by atoms with Crippen molar-refractivity contribution >= 4 is 17.3 Å². The lowest BCUT2D eigenvalue weighted by atomic mass is 10.3.